The third-order valence-corrected chi connectivity index (χ3v) is 2.93. The molecule has 0 saturated carbocycles. The van der Waals surface area contributed by atoms with Crippen molar-refractivity contribution in [3.63, 3.8) is 0 Å². The lowest BCUT2D eigenvalue weighted by Crippen LogP contribution is -2.32. The van der Waals surface area contributed by atoms with Crippen molar-refractivity contribution in [3.8, 4) is 0 Å². The lowest BCUT2D eigenvalue weighted by molar-refractivity contribution is -0.136. The van der Waals surface area contributed by atoms with Gasteiger partial charge in [0.05, 0.1) is 0 Å². The van der Waals surface area contributed by atoms with Gasteiger partial charge in [0, 0.05) is 11.9 Å². The van der Waals surface area contributed by atoms with Crippen molar-refractivity contribution in [1.82, 2.24) is 5.43 Å². The Hall–Kier alpha value is -3.21. The van der Waals surface area contributed by atoms with Gasteiger partial charge in [0.25, 0.3) is 0 Å². The number of rotatable bonds is 4. The molecule has 0 aliphatic heterocycles. The van der Waals surface area contributed by atoms with E-state index in [1.807, 2.05) is 55.5 Å². The standard InChI is InChI=1S/C18H17N3O2/c1-14-9-11-16(12-10-14)20-17(22)18(23)21-19-13-5-8-15-6-3-2-4-7-15/h2-13H,1H3,(H,20,22)(H,21,23)/b8-5+,19-13+. The molecule has 0 aliphatic carbocycles. The zero-order valence-corrected chi connectivity index (χ0v) is 12.7. The first-order chi connectivity index (χ1) is 11.1. The van der Waals surface area contributed by atoms with Crippen LogP contribution in [0.25, 0.3) is 6.08 Å². The molecular weight excluding hydrogens is 290 g/mol. The number of hydrazone groups is 1. The quantitative estimate of drug-likeness (QED) is 0.518. The van der Waals surface area contributed by atoms with Crippen LogP contribution in [0.1, 0.15) is 11.1 Å². The highest BCUT2D eigenvalue weighted by molar-refractivity contribution is 6.39. The van der Waals surface area contributed by atoms with Crippen molar-refractivity contribution in [3.05, 3.63) is 71.8 Å². The average Bonchev–Trinajstić information content (AvgIpc) is 2.57. The monoisotopic (exact) mass is 307 g/mol. The first kappa shape index (κ1) is 16.2. The van der Waals surface area contributed by atoms with Crippen LogP contribution in [0.15, 0.2) is 65.8 Å². The van der Waals surface area contributed by atoms with E-state index >= 15 is 0 Å². The number of anilines is 1. The van der Waals surface area contributed by atoms with E-state index in [1.165, 1.54) is 6.21 Å². The van der Waals surface area contributed by atoms with E-state index in [-0.39, 0.29) is 0 Å². The molecule has 2 aromatic rings. The third kappa shape index (κ3) is 5.59. The van der Waals surface area contributed by atoms with E-state index < -0.39 is 11.8 Å². The summed E-state index contributed by atoms with van der Waals surface area (Å²) in [7, 11) is 0. The van der Waals surface area contributed by atoms with Crippen LogP contribution in [0.3, 0.4) is 0 Å². The molecule has 23 heavy (non-hydrogen) atoms. The van der Waals surface area contributed by atoms with Crippen molar-refractivity contribution in [2.24, 2.45) is 5.10 Å². The number of benzene rings is 2. The van der Waals surface area contributed by atoms with E-state index in [1.54, 1.807) is 18.2 Å². The van der Waals surface area contributed by atoms with Gasteiger partial charge >= 0.3 is 11.8 Å². The van der Waals surface area contributed by atoms with Gasteiger partial charge in [-0.3, -0.25) is 9.59 Å². The van der Waals surface area contributed by atoms with Crippen molar-refractivity contribution >= 4 is 29.8 Å². The summed E-state index contributed by atoms with van der Waals surface area (Å²) >= 11 is 0. The molecule has 0 saturated heterocycles. The minimum atomic E-state index is -0.824. The van der Waals surface area contributed by atoms with Crippen molar-refractivity contribution in [1.29, 1.82) is 0 Å². The van der Waals surface area contributed by atoms with Crippen LogP contribution in [0.2, 0.25) is 0 Å². The van der Waals surface area contributed by atoms with E-state index in [9.17, 15) is 9.59 Å². The average molecular weight is 307 g/mol. The zero-order chi connectivity index (χ0) is 16.5. The fourth-order valence-electron chi connectivity index (χ4n) is 1.73. The summed E-state index contributed by atoms with van der Waals surface area (Å²) in [5.74, 6) is -1.59. The second-order valence-corrected chi connectivity index (χ2v) is 4.81. The van der Waals surface area contributed by atoms with E-state index in [0.29, 0.717) is 5.69 Å². The summed E-state index contributed by atoms with van der Waals surface area (Å²) in [6.45, 7) is 1.94. The van der Waals surface area contributed by atoms with Gasteiger partial charge in [0.1, 0.15) is 0 Å². The smallest absolute Gasteiger partial charge is 0.318 e. The molecule has 2 N–H and O–H groups in total. The van der Waals surface area contributed by atoms with Gasteiger partial charge in [-0.1, -0.05) is 54.1 Å². The number of hydrogen-bond donors (Lipinski definition) is 2. The molecule has 0 bridgehead atoms. The topological polar surface area (TPSA) is 70.6 Å². The first-order valence-electron chi connectivity index (χ1n) is 7.08. The van der Waals surface area contributed by atoms with E-state index in [4.69, 9.17) is 0 Å². The van der Waals surface area contributed by atoms with E-state index in [0.717, 1.165) is 11.1 Å². The van der Waals surface area contributed by atoms with Crippen LogP contribution in [0.5, 0.6) is 0 Å². The number of allylic oxidation sites excluding steroid dienone is 1. The summed E-state index contributed by atoms with van der Waals surface area (Å²) in [4.78, 5) is 23.3. The lowest BCUT2D eigenvalue weighted by Gasteiger charge is -2.03. The van der Waals surface area contributed by atoms with Crippen LogP contribution in [-0.2, 0) is 9.59 Å². The van der Waals surface area contributed by atoms with Gasteiger partial charge in [-0.15, -0.1) is 0 Å². The van der Waals surface area contributed by atoms with Gasteiger partial charge in [-0.05, 0) is 30.7 Å². The number of aryl methyl sites for hydroxylation is 1. The van der Waals surface area contributed by atoms with Crippen LogP contribution < -0.4 is 10.7 Å². The molecule has 0 aromatic heterocycles. The maximum Gasteiger partial charge on any atom is 0.329 e. The number of nitrogens with one attached hydrogen (secondary N) is 2. The van der Waals surface area contributed by atoms with Gasteiger partial charge in [0.15, 0.2) is 0 Å². The largest absolute Gasteiger partial charge is 0.329 e. The molecule has 5 nitrogen and oxygen atoms in total. The summed E-state index contributed by atoms with van der Waals surface area (Å²) in [5.41, 5.74) is 4.81. The highest BCUT2D eigenvalue weighted by Crippen LogP contribution is 2.08. The van der Waals surface area contributed by atoms with Crippen LogP contribution in [0, 0.1) is 6.92 Å². The molecular formula is C18H17N3O2. The Labute approximate surface area is 134 Å². The van der Waals surface area contributed by atoms with Gasteiger partial charge in [-0.25, -0.2) is 5.43 Å². The summed E-state index contributed by atoms with van der Waals surface area (Å²) in [5, 5.41) is 6.18. The molecule has 2 aromatic carbocycles. The molecule has 2 amide bonds. The SMILES string of the molecule is Cc1ccc(NC(=O)C(=O)N/N=C/C=C/c2ccccc2)cc1. The molecule has 0 atom stereocenters. The second-order valence-electron chi connectivity index (χ2n) is 4.81. The van der Waals surface area contributed by atoms with Crippen LogP contribution >= 0.6 is 0 Å². The maximum absolute atomic E-state index is 11.7. The minimum absolute atomic E-state index is 0.559. The molecule has 0 spiro atoms. The number of carbonyl (C=O) groups excluding carboxylic acids is 2. The third-order valence-electron chi connectivity index (χ3n) is 2.93. The second kappa shape index (κ2) is 8.29. The maximum atomic E-state index is 11.7. The predicted molar refractivity (Wildman–Crippen MR) is 91.9 cm³/mol. The number of nitrogens with zero attached hydrogens (tertiary/aromatic N) is 1. The van der Waals surface area contributed by atoms with Gasteiger partial charge < -0.3 is 5.32 Å². The van der Waals surface area contributed by atoms with Crippen molar-refractivity contribution in [2.75, 3.05) is 5.32 Å². The number of carbonyl (C=O) groups is 2. The molecule has 2 rings (SSSR count). The lowest BCUT2D eigenvalue weighted by atomic mass is 10.2. The zero-order valence-electron chi connectivity index (χ0n) is 12.7. The van der Waals surface area contributed by atoms with Crippen molar-refractivity contribution < 1.29 is 9.59 Å². The highest BCUT2D eigenvalue weighted by atomic mass is 16.2. The number of amides is 2. The summed E-state index contributed by atoms with van der Waals surface area (Å²) in [6, 6.07) is 16.8. The number of hydrogen-bond acceptors (Lipinski definition) is 3. The molecule has 116 valence electrons. The first-order valence-corrected chi connectivity index (χ1v) is 7.08. The Morgan fingerprint density at radius 2 is 1.65 bits per heavy atom. The fourth-order valence-corrected chi connectivity index (χ4v) is 1.73. The highest BCUT2D eigenvalue weighted by Gasteiger charge is 2.12. The van der Waals surface area contributed by atoms with Gasteiger partial charge in [0.2, 0.25) is 0 Å². The Morgan fingerprint density at radius 3 is 2.35 bits per heavy atom. The molecule has 0 fully saturated rings. The Kier molecular flexibility index (Phi) is 5.82. The van der Waals surface area contributed by atoms with Crippen LogP contribution in [0.4, 0.5) is 5.69 Å². The molecule has 5 heteroatoms. The predicted octanol–water partition coefficient (Wildman–Crippen LogP) is 2.75. The molecule has 0 aliphatic rings. The normalized spacial score (nSPS) is 10.8. The molecule has 0 radical (unpaired) electrons. The van der Waals surface area contributed by atoms with E-state index in [2.05, 4.69) is 15.8 Å². The molecule has 0 unspecified atom stereocenters. The van der Waals surface area contributed by atoms with Crippen molar-refractivity contribution in [2.45, 2.75) is 6.92 Å². The Bertz CT molecular complexity index is 720. The minimum Gasteiger partial charge on any atom is -0.318 e. The Balaban J connectivity index is 1.79. The summed E-state index contributed by atoms with van der Waals surface area (Å²) in [6.07, 6.45) is 4.92. The van der Waals surface area contributed by atoms with Crippen LogP contribution in [-0.4, -0.2) is 18.0 Å². The Morgan fingerprint density at radius 1 is 0.957 bits per heavy atom. The molecule has 0 heterocycles. The van der Waals surface area contributed by atoms with Gasteiger partial charge in [-0.2, -0.15) is 5.10 Å². The fraction of sp³-hybridized carbons (Fsp3) is 0.0556. The summed E-state index contributed by atoms with van der Waals surface area (Å²) < 4.78 is 0.